The van der Waals surface area contributed by atoms with Crippen molar-refractivity contribution in [1.82, 2.24) is 0 Å². The van der Waals surface area contributed by atoms with Crippen LogP contribution in [0.25, 0.3) is 0 Å². The molecule has 0 saturated heterocycles. The maximum absolute atomic E-state index is 2.55. The first-order valence-electron chi connectivity index (χ1n) is 6.92. The van der Waals surface area contributed by atoms with Crippen LogP contribution >= 0.6 is 11.8 Å². The summed E-state index contributed by atoms with van der Waals surface area (Å²) in [6, 6.07) is 0. The zero-order valence-electron chi connectivity index (χ0n) is 12.8. The number of allylic oxidation sites excluding steroid dienone is 8. The van der Waals surface area contributed by atoms with E-state index in [4.69, 9.17) is 0 Å². The van der Waals surface area contributed by atoms with Crippen LogP contribution in [0.3, 0.4) is 0 Å². The molecule has 0 amide bonds. The Morgan fingerprint density at radius 3 is 2.33 bits per heavy atom. The van der Waals surface area contributed by atoms with Crippen LogP contribution in [-0.4, -0.2) is 10.7 Å². The first-order valence-corrected chi connectivity index (χ1v) is 16.6. The minimum absolute atomic E-state index is 0. The van der Waals surface area contributed by atoms with Crippen LogP contribution in [0.5, 0.6) is 0 Å². The maximum atomic E-state index is 2.55. The van der Waals surface area contributed by atoms with Gasteiger partial charge < -0.3 is 24.8 Å². The van der Waals surface area contributed by atoms with E-state index in [0.717, 1.165) is 3.63 Å². The molecule has 1 unspecified atom stereocenters. The first kappa shape index (κ1) is 19.8. The minimum Gasteiger partial charge on any atom is -1.00 e. The molecule has 1 atom stereocenters. The fourth-order valence-corrected chi connectivity index (χ4v) is 23.2. The SMILES string of the molecule is CC1=CC2=CC(C)SC2=[C]1[Zr+2]([CH]1C=CC=C1)=[Si](C)C.[Cl-].[Cl-]. The largest absolute Gasteiger partial charge is 1.00 e. The summed E-state index contributed by atoms with van der Waals surface area (Å²) in [5.74, 6) is 0. The molecule has 0 fully saturated rings. The van der Waals surface area contributed by atoms with Gasteiger partial charge in [-0.2, -0.15) is 0 Å². The van der Waals surface area contributed by atoms with Gasteiger partial charge in [0.25, 0.3) is 0 Å². The Balaban J connectivity index is 0.00000110. The Bertz CT molecular complexity index is 610. The number of fused-ring (bicyclic) bond motifs is 1. The number of halogens is 2. The van der Waals surface area contributed by atoms with Crippen molar-refractivity contribution >= 4 is 17.2 Å². The van der Waals surface area contributed by atoms with Crippen molar-refractivity contribution in [3.05, 3.63) is 55.8 Å². The molecular weight excluding hydrogens is 414 g/mol. The van der Waals surface area contributed by atoms with Crippen molar-refractivity contribution in [2.24, 2.45) is 0 Å². The third kappa shape index (κ3) is 3.80. The zero-order valence-corrected chi connectivity index (χ0v) is 18.6. The summed E-state index contributed by atoms with van der Waals surface area (Å²) < 4.78 is 2.66. The van der Waals surface area contributed by atoms with Gasteiger partial charge in [-0.1, -0.05) is 0 Å². The van der Waals surface area contributed by atoms with Gasteiger partial charge >= 0.3 is 129 Å². The molecule has 0 N–H and O–H groups in total. The van der Waals surface area contributed by atoms with E-state index >= 15 is 0 Å². The van der Waals surface area contributed by atoms with Gasteiger partial charge in [-0.25, -0.2) is 0 Å². The topological polar surface area (TPSA) is 0 Å². The summed E-state index contributed by atoms with van der Waals surface area (Å²) in [4.78, 5) is 1.67. The summed E-state index contributed by atoms with van der Waals surface area (Å²) in [5.41, 5.74) is 2.96. The molecule has 0 bridgehead atoms. The second kappa shape index (κ2) is 8.02. The molecule has 0 nitrogen and oxygen atoms in total. The first-order chi connectivity index (χ1) is 9.08. The minimum atomic E-state index is -1.56. The molecule has 2 aliphatic carbocycles. The molecule has 0 aromatic carbocycles. The van der Waals surface area contributed by atoms with Crippen LogP contribution in [0.1, 0.15) is 13.8 Å². The van der Waals surface area contributed by atoms with Crippen LogP contribution in [0.15, 0.2) is 55.8 Å². The number of hydrogen-bond acceptors (Lipinski definition) is 1. The molecule has 0 spiro atoms. The summed E-state index contributed by atoms with van der Waals surface area (Å²) in [5, 5.41) is 0.674. The van der Waals surface area contributed by atoms with Gasteiger partial charge in [0.15, 0.2) is 0 Å². The fraction of sp³-hybridized carbons (Fsp3) is 0.375. The van der Waals surface area contributed by atoms with E-state index in [-0.39, 0.29) is 30.2 Å². The van der Waals surface area contributed by atoms with Gasteiger partial charge in [-0.05, 0) is 0 Å². The molecular formula is C16H20Cl2SSiZr. The van der Waals surface area contributed by atoms with Crippen LogP contribution < -0.4 is 24.8 Å². The van der Waals surface area contributed by atoms with Crippen LogP contribution in [0.4, 0.5) is 0 Å². The van der Waals surface area contributed by atoms with E-state index in [9.17, 15) is 0 Å². The molecule has 1 aliphatic heterocycles. The van der Waals surface area contributed by atoms with E-state index in [1.165, 1.54) is 5.57 Å². The molecule has 0 saturated carbocycles. The number of thioether (sulfide) groups is 1. The van der Waals surface area contributed by atoms with Crippen molar-refractivity contribution in [3.63, 3.8) is 0 Å². The normalized spacial score (nSPS) is 22.1. The van der Waals surface area contributed by atoms with Crippen LogP contribution in [0.2, 0.25) is 16.7 Å². The van der Waals surface area contributed by atoms with Crippen molar-refractivity contribution < 1.29 is 45.2 Å². The Kier molecular flexibility index (Phi) is 7.55. The fourth-order valence-electron chi connectivity index (χ4n) is 3.13. The number of rotatable bonds is 2. The average molecular weight is 435 g/mol. The Labute approximate surface area is 152 Å². The van der Waals surface area contributed by atoms with E-state index in [1.54, 1.807) is 10.5 Å². The van der Waals surface area contributed by atoms with Gasteiger partial charge in [0, 0.05) is 0 Å². The van der Waals surface area contributed by atoms with Crippen LogP contribution in [-0.2, 0) is 20.4 Å². The van der Waals surface area contributed by atoms with E-state index < -0.39 is 20.4 Å². The second-order valence-electron chi connectivity index (χ2n) is 5.69. The standard InChI is InChI=1S/C9H9S.C5H5.C2H6Si.2ClH.Zr/c1-6-3-8-5-7(2)10-9(8)4-6;1-2-4-5-3-1;1-3-2;;;/h3,5,7H,1-2H3;1-5H;1-2H3;2*1H;/q;;;;;+2/p-2. The second-order valence-corrected chi connectivity index (χ2v) is 24.5. The van der Waals surface area contributed by atoms with Crippen molar-refractivity contribution in [1.29, 1.82) is 0 Å². The maximum Gasteiger partial charge on any atom is -1.00 e. The van der Waals surface area contributed by atoms with Gasteiger partial charge in [-0.15, -0.1) is 0 Å². The molecule has 0 radical (unpaired) electrons. The quantitative estimate of drug-likeness (QED) is 0.503. The van der Waals surface area contributed by atoms with Gasteiger partial charge in [-0.3, -0.25) is 0 Å². The zero-order chi connectivity index (χ0) is 13.6. The molecule has 21 heavy (non-hydrogen) atoms. The smallest absolute Gasteiger partial charge is 1.00 e. The summed E-state index contributed by atoms with van der Waals surface area (Å²) in [6.45, 7) is 9.77. The molecule has 5 heteroatoms. The molecule has 1 heterocycles. The van der Waals surface area contributed by atoms with E-state index in [1.807, 2.05) is 3.28 Å². The summed E-state index contributed by atoms with van der Waals surface area (Å²) >= 11 is 0.541. The molecule has 3 aliphatic rings. The molecule has 112 valence electrons. The van der Waals surface area contributed by atoms with Crippen molar-refractivity contribution in [3.8, 4) is 0 Å². The van der Waals surface area contributed by atoms with Gasteiger partial charge in [0.2, 0.25) is 0 Å². The Morgan fingerprint density at radius 1 is 1.14 bits per heavy atom. The Hall–Kier alpha value is 0.730. The van der Waals surface area contributed by atoms with Gasteiger partial charge in [0.05, 0.1) is 0 Å². The third-order valence-corrected chi connectivity index (χ3v) is 23.5. The Morgan fingerprint density at radius 2 is 1.76 bits per heavy atom. The third-order valence-electron chi connectivity index (χ3n) is 3.86. The van der Waals surface area contributed by atoms with Crippen molar-refractivity contribution in [2.45, 2.75) is 35.8 Å². The predicted octanol–water partition coefficient (Wildman–Crippen LogP) is -0.989. The monoisotopic (exact) mass is 432 g/mol. The number of hydrogen-bond donors (Lipinski definition) is 0. The summed E-state index contributed by atoms with van der Waals surface area (Å²) in [7, 11) is 0. The molecule has 0 aromatic heterocycles. The summed E-state index contributed by atoms with van der Waals surface area (Å²) in [6.07, 6.45) is 14.4. The molecule has 3 rings (SSSR count). The van der Waals surface area contributed by atoms with Crippen LogP contribution in [0, 0.1) is 0 Å². The van der Waals surface area contributed by atoms with E-state index in [0.29, 0.717) is 5.25 Å². The van der Waals surface area contributed by atoms with Crippen molar-refractivity contribution in [2.75, 3.05) is 0 Å². The molecule has 0 aromatic rings. The predicted molar refractivity (Wildman–Crippen MR) is 85.4 cm³/mol. The van der Waals surface area contributed by atoms with E-state index in [2.05, 4.69) is 75.2 Å². The van der Waals surface area contributed by atoms with Gasteiger partial charge in [0.1, 0.15) is 0 Å². The average Bonchev–Trinajstić information content (AvgIpc) is 2.99.